The van der Waals surface area contributed by atoms with Crippen molar-refractivity contribution in [3.8, 4) is 0 Å². The number of aliphatic hydroxyl groups is 1. The lowest BCUT2D eigenvalue weighted by Crippen LogP contribution is -2.18. The van der Waals surface area contributed by atoms with E-state index in [9.17, 15) is 0 Å². The van der Waals surface area contributed by atoms with Crippen molar-refractivity contribution in [1.29, 1.82) is 0 Å². The van der Waals surface area contributed by atoms with Crippen LogP contribution in [0.2, 0.25) is 0 Å². The first-order valence-electron chi connectivity index (χ1n) is 5.14. The van der Waals surface area contributed by atoms with Crippen molar-refractivity contribution in [2.45, 2.75) is 20.0 Å². The topological polar surface area (TPSA) is 36.4 Å². The zero-order chi connectivity index (χ0) is 11.3. The number of aryl methyl sites for hydroxylation is 1. The van der Waals surface area contributed by atoms with E-state index in [0.717, 1.165) is 30.0 Å². The van der Waals surface area contributed by atoms with Gasteiger partial charge in [0.15, 0.2) is 0 Å². The highest BCUT2D eigenvalue weighted by Crippen LogP contribution is 2.14. The molecule has 3 nitrogen and oxygen atoms in total. The van der Waals surface area contributed by atoms with Crippen molar-refractivity contribution >= 4 is 5.82 Å². The quantitative estimate of drug-likeness (QED) is 0.746. The molecule has 1 rings (SSSR count). The molecule has 0 aliphatic heterocycles. The molecule has 0 atom stereocenters. The molecule has 0 radical (unpaired) electrons. The van der Waals surface area contributed by atoms with Crippen LogP contribution in [-0.2, 0) is 13.0 Å². The van der Waals surface area contributed by atoms with E-state index in [1.807, 2.05) is 30.2 Å². The molecule has 0 aliphatic carbocycles. The smallest absolute Gasteiger partial charge is 0.129 e. The predicted molar refractivity (Wildman–Crippen MR) is 63.0 cm³/mol. The lowest BCUT2D eigenvalue weighted by Gasteiger charge is -2.17. The summed E-state index contributed by atoms with van der Waals surface area (Å²) in [6, 6.07) is 3.84. The third-order valence-electron chi connectivity index (χ3n) is 2.26. The number of rotatable bonds is 5. The summed E-state index contributed by atoms with van der Waals surface area (Å²) in [5, 5.41) is 9.13. The maximum Gasteiger partial charge on any atom is 0.129 e. The van der Waals surface area contributed by atoms with Crippen LogP contribution in [0.3, 0.4) is 0 Å². The van der Waals surface area contributed by atoms with Crippen LogP contribution in [0.1, 0.15) is 18.2 Å². The Labute approximate surface area is 91.1 Å². The van der Waals surface area contributed by atoms with Crippen molar-refractivity contribution in [3.05, 3.63) is 36.0 Å². The summed E-state index contributed by atoms with van der Waals surface area (Å²) >= 11 is 0. The normalized spacial score (nSPS) is 10.1. The molecule has 1 heterocycles. The van der Waals surface area contributed by atoms with E-state index in [-0.39, 0.29) is 6.61 Å². The SMILES string of the molecule is C=CCN(C)c1cc(CO)cc(CC)n1. The van der Waals surface area contributed by atoms with Gasteiger partial charge in [-0.1, -0.05) is 13.0 Å². The van der Waals surface area contributed by atoms with E-state index < -0.39 is 0 Å². The van der Waals surface area contributed by atoms with Crippen molar-refractivity contribution < 1.29 is 5.11 Å². The van der Waals surface area contributed by atoms with Gasteiger partial charge in [-0.05, 0) is 24.1 Å². The number of pyridine rings is 1. The summed E-state index contributed by atoms with van der Waals surface area (Å²) in [6.45, 7) is 6.56. The molecule has 1 N–H and O–H groups in total. The van der Waals surface area contributed by atoms with Crippen molar-refractivity contribution in [3.63, 3.8) is 0 Å². The van der Waals surface area contributed by atoms with Gasteiger partial charge in [0, 0.05) is 19.3 Å². The van der Waals surface area contributed by atoms with E-state index in [1.54, 1.807) is 0 Å². The molecule has 15 heavy (non-hydrogen) atoms. The fraction of sp³-hybridized carbons (Fsp3) is 0.417. The Kier molecular flexibility index (Phi) is 4.31. The Morgan fingerprint density at radius 1 is 1.53 bits per heavy atom. The van der Waals surface area contributed by atoms with Gasteiger partial charge in [0.2, 0.25) is 0 Å². The first-order valence-corrected chi connectivity index (χ1v) is 5.14. The van der Waals surface area contributed by atoms with Crippen LogP contribution < -0.4 is 4.90 Å². The van der Waals surface area contributed by atoms with Crippen LogP contribution in [0.4, 0.5) is 5.82 Å². The monoisotopic (exact) mass is 206 g/mol. The summed E-state index contributed by atoms with van der Waals surface area (Å²) in [4.78, 5) is 6.49. The summed E-state index contributed by atoms with van der Waals surface area (Å²) in [5.74, 6) is 0.887. The first kappa shape index (κ1) is 11.7. The predicted octanol–water partition coefficient (Wildman–Crippen LogP) is 1.76. The van der Waals surface area contributed by atoms with Gasteiger partial charge in [-0.3, -0.25) is 0 Å². The Morgan fingerprint density at radius 3 is 2.80 bits per heavy atom. The van der Waals surface area contributed by atoms with E-state index >= 15 is 0 Å². The minimum Gasteiger partial charge on any atom is -0.392 e. The fourth-order valence-corrected chi connectivity index (χ4v) is 1.39. The maximum absolute atomic E-state index is 9.13. The van der Waals surface area contributed by atoms with Crippen LogP contribution >= 0.6 is 0 Å². The number of hydrogen-bond donors (Lipinski definition) is 1. The molecular weight excluding hydrogens is 188 g/mol. The second-order valence-electron chi connectivity index (χ2n) is 3.51. The number of likely N-dealkylation sites (N-methyl/N-ethyl adjacent to an activating group) is 1. The number of aromatic nitrogens is 1. The molecule has 0 amide bonds. The van der Waals surface area contributed by atoms with E-state index in [2.05, 4.69) is 18.5 Å². The lowest BCUT2D eigenvalue weighted by molar-refractivity contribution is 0.281. The van der Waals surface area contributed by atoms with Gasteiger partial charge in [-0.2, -0.15) is 0 Å². The van der Waals surface area contributed by atoms with Crippen molar-refractivity contribution in [2.24, 2.45) is 0 Å². The number of aliphatic hydroxyl groups excluding tert-OH is 1. The Bertz CT molecular complexity index is 314. The molecule has 0 spiro atoms. The average Bonchev–Trinajstić information content (AvgIpc) is 2.28. The van der Waals surface area contributed by atoms with Gasteiger partial charge in [0.05, 0.1) is 6.61 Å². The standard InChI is InChI=1S/C12H18N2O/c1-4-6-14(3)12-8-10(9-15)7-11(5-2)13-12/h4,7-8,15H,1,5-6,9H2,2-3H3. The highest BCUT2D eigenvalue weighted by atomic mass is 16.3. The number of nitrogens with zero attached hydrogens (tertiary/aromatic N) is 2. The van der Waals surface area contributed by atoms with Gasteiger partial charge < -0.3 is 10.0 Å². The summed E-state index contributed by atoms with van der Waals surface area (Å²) in [5.41, 5.74) is 1.92. The first-order chi connectivity index (χ1) is 7.21. The van der Waals surface area contributed by atoms with Gasteiger partial charge in [-0.25, -0.2) is 4.98 Å². The van der Waals surface area contributed by atoms with Gasteiger partial charge in [0.25, 0.3) is 0 Å². The van der Waals surface area contributed by atoms with Crippen LogP contribution in [0.15, 0.2) is 24.8 Å². The Morgan fingerprint density at radius 2 is 2.27 bits per heavy atom. The second kappa shape index (κ2) is 5.51. The second-order valence-corrected chi connectivity index (χ2v) is 3.51. The van der Waals surface area contributed by atoms with Crippen molar-refractivity contribution in [2.75, 3.05) is 18.5 Å². The average molecular weight is 206 g/mol. The van der Waals surface area contributed by atoms with Gasteiger partial charge >= 0.3 is 0 Å². The van der Waals surface area contributed by atoms with Crippen LogP contribution in [0.25, 0.3) is 0 Å². The minimum atomic E-state index is 0.0600. The van der Waals surface area contributed by atoms with E-state index in [4.69, 9.17) is 5.11 Å². The van der Waals surface area contributed by atoms with Crippen LogP contribution in [0, 0.1) is 0 Å². The summed E-state index contributed by atoms with van der Waals surface area (Å²) < 4.78 is 0. The Hall–Kier alpha value is -1.35. The molecule has 0 saturated carbocycles. The molecule has 3 heteroatoms. The van der Waals surface area contributed by atoms with Crippen LogP contribution in [-0.4, -0.2) is 23.7 Å². The zero-order valence-corrected chi connectivity index (χ0v) is 9.40. The molecule has 0 aromatic carbocycles. The molecule has 0 saturated heterocycles. The zero-order valence-electron chi connectivity index (χ0n) is 9.40. The number of hydrogen-bond acceptors (Lipinski definition) is 3. The number of anilines is 1. The molecule has 0 fully saturated rings. The molecule has 82 valence electrons. The summed E-state index contributed by atoms with van der Waals surface area (Å²) in [7, 11) is 1.96. The molecule has 0 unspecified atom stereocenters. The minimum absolute atomic E-state index is 0.0600. The van der Waals surface area contributed by atoms with Crippen LogP contribution in [0.5, 0.6) is 0 Å². The third-order valence-corrected chi connectivity index (χ3v) is 2.26. The molecule has 1 aromatic heterocycles. The third kappa shape index (κ3) is 3.06. The lowest BCUT2D eigenvalue weighted by atomic mass is 10.2. The summed E-state index contributed by atoms with van der Waals surface area (Å²) in [6.07, 6.45) is 2.71. The molecule has 0 aliphatic rings. The largest absolute Gasteiger partial charge is 0.392 e. The Balaban J connectivity index is 3.00. The maximum atomic E-state index is 9.13. The van der Waals surface area contributed by atoms with E-state index in [0.29, 0.717) is 0 Å². The molecule has 1 aromatic rings. The highest BCUT2D eigenvalue weighted by Gasteiger charge is 2.04. The molecular formula is C12H18N2O. The van der Waals surface area contributed by atoms with E-state index in [1.165, 1.54) is 0 Å². The van der Waals surface area contributed by atoms with Gasteiger partial charge in [0.1, 0.15) is 5.82 Å². The fourth-order valence-electron chi connectivity index (χ4n) is 1.39. The van der Waals surface area contributed by atoms with Crippen molar-refractivity contribution in [1.82, 2.24) is 4.98 Å². The van der Waals surface area contributed by atoms with Gasteiger partial charge in [-0.15, -0.1) is 6.58 Å². The highest BCUT2D eigenvalue weighted by molar-refractivity contribution is 5.42. The molecule has 0 bridgehead atoms.